The lowest BCUT2D eigenvalue weighted by Crippen LogP contribution is -2.60. The largest absolute Gasteiger partial charge is 0.544 e. The first kappa shape index (κ1) is 20.6. The van der Waals surface area contributed by atoms with E-state index in [0.717, 1.165) is 25.1 Å². The normalized spacial score (nSPS) is 21.4. The lowest BCUT2D eigenvalue weighted by molar-refractivity contribution is -0.808. The minimum absolute atomic E-state index is 0.0770. The Balaban J connectivity index is 2.31. The monoisotopic (exact) mass is 335 g/mol. The van der Waals surface area contributed by atoms with Crippen molar-refractivity contribution in [1.82, 2.24) is 0 Å². The fourth-order valence-corrected chi connectivity index (χ4v) is 3.07. The van der Waals surface area contributed by atoms with Crippen LogP contribution in [-0.2, 0) is 4.79 Å². The van der Waals surface area contributed by atoms with Crippen molar-refractivity contribution >= 4 is 11.8 Å². The van der Waals surface area contributed by atoms with Crippen LogP contribution in [0.1, 0.15) is 71.6 Å². The number of allylic oxidation sites excluding steroid dienone is 2. The summed E-state index contributed by atoms with van der Waals surface area (Å²) in [5, 5.41) is 11.1. The van der Waals surface area contributed by atoms with E-state index < -0.39 is 5.97 Å². The predicted molar refractivity (Wildman–Crippen MR) is 96.7 cm³/mol. The fraction of sp³-hybridized carbons (Fsp3) is 0.684. The van der Waals surface area contributed by atoms with Gasteiger partial charge in [0.05, 0.1) is 12.2 Å². The molecule has 0 amide bonds. The van der Waals surface area contributed by atoms with Crippen LogP contribution in [0.4, 0.5) is 0 Å². The predicted octanol–water partition coefficient (Wildman–Crippen LogP) is 2.83. The molecule has 0 saturated heterocycles. The summed E-state index contributed by atoms with van der Waals surface area (Å²) in [5.41, 5.74) is 6.02. The molecule has 0 bridgehead atoms. The number of rotatable bonds is 13. The zero-order valence-electron chi connectivity index (χ0n) is 15.2. The zero-order valence-corrected chi connectivity index (χ0v) is 15.2. The maximum atomic E-state index is 11.1. The quantitative estimate of drug-likeness (QED) is 0.319. The molecule has 0 radical (unpaired) electrons. The molecule has 1 aliphatic heterocycles. The Morgan fingerprint density at radius 1 is 1.25 bits per heavy atom. The zero-order chi connectivity index (χ0) is 17.8. The molecule has 0 aromatic heterocycles. The Bertz CT molecular complexity index is 469. The van der Waals surface area contributed by atoms with Gasteiger partial charge in [-0.1, -0.05) is 51.2 Å². The second-order valence-electron chi connectivity index (χ2n) is 6.61. The minimum atomic E-state index is -1.11. The van der Waals surface area contributed by atoms with Crippen molar-refractivity contribution < 1.29 is 14.4 Å². The van der Waals surface area contributed by atoms with Crippen molar-refractivity contribution in [3.63, 3.8) is 0 Å². The van der Waals surface area contributed by atoms with Gasteiger partial charge in [0.2, 0.25) is 5.84 Å². The SMILES string of the molecule is CCCCCCCC/C=C/CCC1=NC=C[N+]1(CC(=O)[O-])C(C)N. The van der Waals surface area contributed by atoms with Crippen molar-refractivity contribution in [1.29, 1.82) is 0 Å². The third-order valence-corrected chi connectivity index (χ3v) is 4.58. The Morgan fingerprint density at radius 2 is 1.92 bits per heavy atom. The van der Waals surface area contributed by atoms with Gasteiger partial charge in [-0.05, 0) is 19.3 Å². The lowest BCUT2D eigenvalue weighted by Gasteiger charge is -2.36. The number of quaternary nitrogens is 1. The van der Waals surface area contributed by atoms with Gasteiger partial charge < -0.3 is 9.90 Å². The summed E-state index contributed by atoms with van der Waals surface area (Å²) in [7, 11) is 0. The van der Waals surface area contributed by atoms with Crippen molar-refractivity contribution in [2.75, 3.05) is 6.54 Å². The van der Waals surface area contributed by atoms with Gasteiger partial charge in [-0.15, -0.1) is 0 Å². The average molecular weight is 335 g/mol. The second kappa shape index (κ2) is 11.2. The molecule has 0 fully saturated rings. The molecule has 2 unspecified atom stereocenters. The van der Waals surface area contributed by atoms with Crippen LogP contribution in [0.15, 0.2) is 29.5 Å². The molecule has 2 N–H and O–H groups in total. The summed E-state index contributed by atoms with van der Waals surface area (Å²) < 4.78 is 0.0770. The van der Waals surface area contributed by atoms with E-state index in [1.807, 2.05) is 6.92 Å². The van der Waals surface area contributed by atoms with Crippen LogP contribution in [0, 0.1) is 0 Å². The molecule has 0 spiro atoms. The van der Waals surface area contributed by atoms with E-state index in [4.69, 9.17) is 5.73 Å². The number of hydrogen-bond donors (Lipinski definition) is 1. The number of unbranched alkanes of at least 4 members (excludes halogenated alkanes) is 6. The molecule has 0 aromatic rings. The third-order valence-electron chi connectivity index (χ3n) is 4.58. The highest BCUT2D eigenvalue weighted by Crippen LogP contribution is 2.22. The molecular weight excluding hydrogens is 302 g/mol. The first-order valence-corrected chi connectivity index (χ1v) is 9.25. The summed E-state index contributed by atoms with van der Waals surface area (Å²) in [5.74, 6) is -0.302. The number of aliphatic carboxylic acids is 1. The molecule has 0 aliphatic carbocycles. The van der Waals surface area contributed by atoms with Crippen LogP contribution in [0.25, 0.3) is 0 Å². The summed E-state index contributed by atoms with van der Waals surface area (Å²) in [4.78, 5) is 15.4. The first-order chi connectivity index (χ1) is 11.5. The summed E-state index contributed by atoms with van der Waals surface area (Å²) in [6.07, 6.45) is 18.0. The van der Waals surface area contributed by atoms with Crippen LogP contribution < -0.4 is 10.8 Å². The number of aliphatic imine (C=N–C) groups is 1. The van der Waals surface area contributed by atoms with Crippen molar-refractivity contribution in [3.8, 4) is 0 Å². The molecule has 1 aliphatic rings. The van der Waals surface area contributed by atoms with E-state index in [1.165, 1.54) is 38.5 Å². The number of amidine groups is 1. The number of carbonyl (C=O) groups is 1. The highest BCUT2D eigenvalue weighted by molar-refractivity contribution is 5.81. The highest BCUT2D eigenvalue weighted by atomic mass is 16.4. The van der Waals surface area contributed by atoms with E-state index in [1.54, 1.807) is 12.4 Å². The molecular formula is C19H33N3O2. The molecule has 1 heterocycles. The molecule has 5 heteroatoms. The molecule has 2 atom stereocenters. The number of carboxylic acids is 1. The van der Waals surface area contributed by atoms with Crippen LogP contribution in [-0.4, -0.2) is 29.0 Å². The average Bonchev–Trinajstić information content (AvgIpc) is 2.92. The lowest BCUT2D eigenvalue weighted by atomic mass is 10.1. The number of hydrogen-bond acceptors (Lipinski definition) is 4. The molecule has 24 heavy (non-hydrogen) atoms. The fourth-order valence-electron chi connectivity index (χ4n) is 3.07. The van der Waals surface area contributed by atoms with Gasteiger partial charge in [-0.2, -0.15) is 0 Å². The number of carbonyl (C=O) groups excluding carboxylic acids is 1. The molecule has 136 valence electrons. The first-order valence-electron chi connectivity index (χ1n) is 9.25. The van der Waals surface area contributed by atoms with Gasteiger partial charge >= 0.3 is 0 Å². The summed E-state index contributed by atoms with van der Waals surface area (Å²) in [6, 6.07) is 0. The third kappa shape index (κ3) is 6.57. The number of carboxylic acid groups (broad SMARTS) is 1. The van der Waals surface area contributed by atoms with E-state index >= 15 is 0 Å². The standard InChI is InChI=1S/C19H33N3O2/c1-3-4-5-6-7-8-9-10-11-12-13-18-21-14-15-22(18,17(2)20)16-19(23)24/h10-11,14-15,17H,3-9,12-13,16,20H2,1-2H3/b11-10+. The van der Waals surface area contributed by atoms with Crippen molar-refractivity contribution in [3.05, 3.63) is 24.6 Å². The second-order valence-corrected chi connectivity index (χ2v) is 6.61. The minimum Gasteiger partial charge on any atom is -0.544 e. The maximum absolute atomic E-state index is 11.1. The molecule has 1 rings (SSSR count). The van der Waals surface area contributed by atoms with Gasteiger partial charge in [-0.25, -0.2) is 9.48 Å². The summed E-state index contributed by atoms with van der Waals surface area (Å²) in [6.45, 7) is 3.88. The highest BCUT2D eigenvalue weighted by Gasteiger charge is 2.38. The number of nitrogens with zero attached hydrogens (tertiary/aromatic N) is 2. The maximum Gasteiger partial charge on any atom is 0.209 e. The Morgan fingerprint density at radius 3 is 2.58 bits per heavy atom. The smallest absolute Gasteiger partial charge is 0.209 e. The van der Waals surface area contributed by atoms with E-state index in [-0.39, 0.29) is 17.2 Å². The van der Waals surface area contributed by atoms with Crippen molar-refractivity contribution in [2.24, 2.45) is 10.7 Å². The molecule has 5 nitrogen and oxygen atoms in total. The Labute approximate surface area is 146 Å². The topological polar surface area (TPSA) is 78.5 Å². The van der Waals surface area contributed by atoms with Crippen LogP contribution >= 0.6 is 0 Å². The van der Waals surface area contributed by atoms with Crippen LogP contribution in [0.2, 0.25) is 0 Å². The number of nitrogens with two attached hydrogens (primary N) is 1. The van der Waals surface area contributed by atoms with Gasteiger partial charge in [0.15, 0.2) is 0 Å². The molecule has 0 aromatic carbocycles. The molecule has 0 saturated carbocycles. The van der Waals surface area contributed by atoms with E-state index in [9.17, 15) is 9.90 Å². The van der Waals surface area contributed by atoms with Gasteiger partial charge in [0, 0.05) is 13.3 Å². The van der Waals surface area contributed by atoms with Gasteiger partial charge in [-0.3, -0.25) is 5.73 Å². The van der Waals surface area contributed by atoms with Crippen LogP contribution in [0.3, 0.4) is 0 Å². The summed E-state index contributed by atoms with van der Waals surface area (Å²) >= 11 is 0. The van der Waals surface area contributed by atoms with Crippen molar-refractivity contribution in [2.45, 2.75) is 77.8 Å². The van der Waals surface area contributed by atoms with Gasteiger partial charge in [0.1, 0.15) is 18.9 Å². The Kier molecular flexibility index (Phi) is 9.57. The van der Waals surface area contributed by atoms with E-state index in [2.05, 4.69) is 24.1 Å². The van der Waals surface area contributed by atoms with Gasteiger partial charge in [0.25, 0.3) is 0 Å². The van der Waals surface area contributed by atoms with E-state index in [0.29, 0.717) is 0 Å². The Hall–Kier alpha value is -1.46. The van der Waals surface area contributed by atoms with Crippen LogP contribution in [0.5, 0.6) is 0 Å².